The molecule has 1 unspecified atom stereocenters. The van der Waals surface area contributed by atoms with Gasteiger partial charge in [-0.05, 0) is 12.8 Å². The van der Waals surface area contributed by atoms with E-state index in [1.807, 2.05) is 6.92 Å². The molecule has 0 aromatic carbocycles. The highest BCUT2D eigenvalue weighted by Gasteiger charge is 2.14. The summed E-state index contributed by atoms with van der Waals surface area (Å²) in [6.07, 6.45) is 4.93. The molecule has 1 atom stereocenters. The Balaban J connectivity index is 2.62. The van der Waals surface area contributed by atoms with Crippen LogP contribution in [0.25, 0.3) is 5.65 Å². The SMILES string of the molecule is CC(C)C(C)n1ncn2ccnc2c1=O. The van der Waals surface area contributed by atoms with E-state index < -0.39 is 0 Å². The Bertz CT molecular complexity index is 525. The maximum absolute atomic E-state index is 12.0. The zero-order valence-corrected chi connectivity index (χ0v) is 9.08. The molecule has 80 valence electrons. The Morgan fingerprint density at radius 2 is 2.07 bits per heavy atom. The first-order chi connectivity index (χ1) is 7.11. The molecule has 0 spiro atoms. The molecule has 0 aliphatic rings. The maximum atomic E-state index is 12.0. The molecule has 2 aromatic rings. The second-order valence-electron chi connectivity index (χ2n) is 4.02. The summed E-state index contributed by atoms with van der Waals surface area (Å²) < 4.78 is 3.12. The van der Waals surface area contributed by atoms with Crippen molar-refractivity contribution in [2.45, 2.75) is 26.8 Å². The first-order valence-corrected chi connectivity index (χ1v) is 5.01. The molecule has 0 aliphatic carbocycles. The van der Waals surface area contributed by atoms with Crippen molar-refractivity contribution in [3.8, 4) is 0 Å². The number of aromatic nitrogens is 4. The van der Waals surface area contributed by atoms with Crippen LogP contribution in [0.5, 0.6) is 0 Å². The fourth-order valence-electron chi connectivity index (χ4n) is 1.41. The molecule has 2 rings (SSSR count). The van der Waals surface area contributed by atoms with Gasteiger partial charge in [0.05, 0.1) is 6.04 Å². The van der Waals surface area contributed by atoms with Crippen LogP contribution in [0.3, 0.4) is 0 Å². The molecule has 5 heteroatoms. The van der Waals surface area contributed by atoms with Crippen molar-refractivity contribution >= 4 is 5.65 Å². The van der Waals surface area contributed by atoms with Gasteiger partial charge in [-0.15, -0.1) is 0 Å². The van der Waals surface area contributed by atoms with Crippen LogP contribution in [0, 0.1) is 5.92 Å². The molecule has 5 nitrogen and oxygen atoms in total. The second-order valence-corrected chi connectivity index (χ2v) is 4.02. The van der Waals surface area contributed by atoms with Gasteiger partial charge in [0.25, 0.3) is 0 Å². The lowest BCUT2D eigenvalue weighted by molar-refractivity contribution is 0.359. The van der Waals surface area contributed by atoms with E-state index in [1.54, 1.807) is 23.1 Å². The molecule has 0 fully saturated rings. The van der Waals surface area contributed by atoms with E-state index in [4.69, 9.17) is 0 Å². The second kappa shape index (κ2) is 3.49. The number of fused-ring (bicyclic) bond motifs is 1. The minimum absolute atomic E-state index is 0.0826. The molecule has 0 aliphatic heterocycles. The summed E-state index contributed by atoms with van der Waals surface area (Å²) in [5.41, 5.74) is 0.293. The summed E-state index contributed by atoms with van der Waals surface area (Å²) >= 11 is 0. The summed E-state index contributed by atoms with van der Waals surface area (Å²) in [7, 11) is 0. The van der Waals surface area contributed by atoms with Crippen molar-refractivity contribution in [1.29, 1.82) is 0 Å². The Labute approximate surface area is 87.4 Å². The van der Waals surface area contributed by atoms with Gasteiger partial charge in [0.1, 0.15) is 6.33 Å². The molecule has 0 radical (unpaired) electrons. The third-order valence-electron chi connectivity index (χ3n) is 2.72. The van der Waals surface area contributed by atoms with Crippen LogP contribution in [0.4, 0.5) is 0 Å². The van der Waals surface area contributed by atoms with Crippen LogP contribution < -0.4 is 5.56 Å². The molecular formula is C10H14N4O. The monoisotopic (exact) mass is 206 g/mol. The molecule has 2 aromatic heterocycles. The molecule has 2 heterocycles. The first kappa shape index (κ1) is 9.89. The average Bonchev–Trinajstić information content (AvgIpc) is 2.66. The van der Waals surface area contributed by atoms with Gasteiger partial charge in [0.2, 0.25) is 5.65 Å². The highest BCUT2D eigenvalue weighted by molar-refractivity contribution is 5.33. The largest absolute Gasteiger partial charge is 0.310 e. The van der Waals surface area contributed by atoms with Crippen molar-refractivity contribution in [3.05, 3.63) is 29.1 Å². The van der Waals surface area contributed by atoms with E-state index in [0.29, 0.717) is 11.6 Å². The molecule has 0 N–H and O–H groups in total. The standard InChI is InChI=1S/C10H14N4O/c1-7(2)8(3)14-10(15)9-11-4-5-13(9)6-12-14/h4-8H,1-3H3. The quantitative estimate of drug-likeness (QED) is 0.739. The molecule has 0 saturated heterocycles. The molecule has 15 heavy (non-hydrogen) atoms. The molecule has 0 bridgehead atoms. The maximum Gasteiger partial charge on any atom is 0.310 e. The van der Waals surface area contributed by atoms with Gasteiger partial charge in [0.15, 0.2) is 0 Å². The van der Waals surface area contributed by atoms with Gasteiger partial charge < -0.3 is 0 Å². The highest BCUT2D eigenvalue weighted by Crippen LogP contribution is 2.12. The molecular weight excluding hydrogens is 192 g/mol. The van der Waals surface area contributed by atoms with Gasteiger partial charge >= 0.3 is 5.56 Å². The van der Waals surface area contributed by atoms with E-state index in [1.165, 1.54) is 4.68 Å². The fraction of sp³-hybridized carbons (Fsp3) is 0.500. The van der Waals surface area contributed by atoms with Gasteiger partial charge in [0, 0.05) is 12.4 Å². The minimum Gasteiger partial charge on any atom is -0.284 e. The summed E-state index contributed by atoms with van der Waals surface area (Å²) in [6, 6.07) is 0.0826. The van der Waals surface area contributed by atoms with Gasteiger partial charge in [-0.25, -0.2) is 9.67 Å². The lowest BCUT2D eigenvalue weighted by Gasteiger charge is -2.16. The zero-order chi connectivity index (χ0) is 11.0. The van der Waals surface area contributed by atoms with Gasteiger partial charge in [-0.3, -0.25) is 9.20 Å². The molecule has 0 amide bonds. The predicted molar refractivity (Wildman–Crippen MR) is 56.8 cm³/mol. The van der Waals surface area contributed by atoms with Crippen LogP contribution in [0.2, 0.25) is 0 Å². The van der Waals surface area contributed by atoms with E-state index in [9.17, 15) is 4.79 Å². The highest BCUT2D eigenvalue weighted by atomic mass is 16.1. The zero-order valence-electron chi connectivity index (χ0n) is 9.08. The Morgan fingerprint density at radius 3 is 2.73 bits per heavy atom. The summed E-state index contributed by atoms with van der Waals surface area (Å²) in [6.45, 7) is 6.11. The number of hydrogen-bond acceptors (Lipinski definition) is 3. The minimum atomic E-state index is -0.135. The van der Waals surface area contributed by atoms with Crippen molar-refractivity contribution < 1.29 is 0 Å². The molecule has 0 saturated carbocycles. The lowest BCUT2D eigenvalue weighted by Crippen LogP contribution is -2.29. The summed E-state index contributed by atoms with van der Waals surface area (Å²) in [4.78, 5) is 16.0. The van der Waals surface area contributed by atoms with Crippen LogP contribution in [-0.4, -0.2) is 19.2 Å². The van der Waals surface area contributed by atoms with Crippen molar-refractivity contribution in [3.63, 3.8) is 0 Å². The Hall–Kier alpha value is -1.65. The Morgan fingerprint density at radius 1 is 1.33 bits per heavy atom. The fourth-order valence-corrected chi connectivity index (χ4v) is 1.41. The normalized spacial score (nSPS) is 13.6. The predicted octanol–water partition coefficient (Wildman–Crippen LogP) is 1.11. The smallest absolute Gasteiger partial charge is 0.284 e. The van der Waals surface area contributed by atoms with Crippen molar-refractivity contribution in [2.75, 3.05) is 0 Å². The summed E-state index contributed by atoms with van der Waals surface area (Å²) in [5.74, 6) is 0.368. The van der Waals surface area contributed by atoms with Crippen LogP contribution in [-0.2, 0) is 0 Å². The number of rotatable bonds is 2. The van der Waals surface area contributed by atoms with Gasteiger partial charge in [-0.1, -0.05) is 13.8 Å². The number of nitrogens with zero attached hydrogens (tertiary/aromatic N) is 4. The third kappa shape index (κ3) is 1.54. The van der Waals surface area contributed by atoms with Crippen LogP contribution in [0.15, 0.2) is 23.5 Å². The van der Waals surface area contributed by atoms with Crippen molar-refractivity contribution in [1.82, 2.24) is 19.2 Å². The average molecular weight is 206 g/mol. The van der Waals surface area contributed by atoms with E-state index in [2.05, 4.69) is 23.9 Å². The topological polar surface area (TPSA) is 52.2 Å². The van der Waals surface area contributed by atoms with Gasteiger partial charge in [-0.2, -0.15) is 5.10 Å². The number of hydrogen-bond donors (Lipinski definition) is 0. The number of imidazole rings is 1. The summed E-state index contributed by atoms with van der Waals surface area (Å²) in [5, 5.41) is 4.13. The van der Waals surface area contributed by atoms with Crippen LogP contribution >= 0.6 is 0 Å². The third-order valence-corrected chi connectivity index (χ3v) is 2.72. The van der Waals surface area contributed by atoms with Crippen molar-refractivity contribution in [2.24, 2.45) is 5.92 Å². The van der Waals surface area contributed by atoms with Crippen LogP contribution in [0.1, 0.15) is 26.8 Å². The van der Waals surface area contributed by atoms with E-state index in [0.717, 1.165) is 0 Å². The lowest BCUT2D eigenvalue weighted by atomic mass is 10.1. The Kier molecular flexibility index (Phi) is 2.30. The van der Waals surface area contributed by atoms with E-state index in [-0.39, 0.29) is 11.6 Å². The van der Waals surface area contributed by atoms with E-state index >= 15 is 0 Å². The first-order valence-electron chi connectivity index (χ1n) is 5.01.